The Morgan fingerprint density at radius 3 is 2.24 bits per heavy atom. The maximum absolute atomic E-state index is 12.2. The van der Waals surface area contributed by atoms with Gasteiger partial charge in [-0.3, -0.25) is 9.52 Å². The van der Waals surface area contributed by atoms with Crippen LogP contribution in [0, 0.1) is 5.92 Å². The van der Waals surface area contributed by atoms with Crippen molar-refractivity contribution in [3.8, 4) is 0 Å². The molecule has 1 aromatic rings. The SMILES string of the molecule is CC(C)C1(O)CN(C(=O)c2ccc(NS(C)(=O)=O)cc2)C1. The van der Waals surface area contributed by atoms with Crippen LogP contribution in [0.5, 0.6) is 0 Å². The van der Waals surface area contributed by atoms with Crippen LogP contribution in [0.3, 0.4) is 0 Å². The van der Waals surface area contributed by atoms with E-state index in [9.17, 15) is 18.3 Å². The molecule has 6 nitrogen and oxygen atoms in total. The van der Waals surface area contributed by atoms with Gasteiger partial charge in [-0.15, -0.1) is 0 Å². The molecule has 2 N–H and O–H groups in total. The summed E-state index contributed by atoms with van der Waals surface area (Å²) in [4.78, 5) is 13.8. The first-order valence-corrected chi connectivity index (χ1v) is 8.59. The number of sulfonamides is 1. The number of rotatable bonds is 4. The van der Waals surface area contributed by atoms with Gasteiger partial charge in [0.05, 0.1) is 19.3 Å². The minimum atomic E-state index is -3.32. The van der Waals surface area contributed by atoms with E-state index in [0.29, 0.717) is 24.3 Å². The quantitative estimate of drug-likeness (QED) is 0.865. The fourth-order valence-corrected chi connectivity index (χ4v) is 2.77. The van der Waals surface area contributed by atoms with E-state index < -0.39 is 15.6 Å². The molecule has 116 valence electrons. The van der Waals surface area contributed by atoms with Crippen LogP contribution in [0.4, 0.5) is 5.69 Å². The average molecular weight is 312 g/mol. The molecule has 1 saturated heterocycles. The van der Waals surface area contributed by atoms with Gasteiger partial charge in [0.2, 0.25) is 10.0 Å². The summed E-state index contributed by atoms with van der Waals surface area (Å²) < 4.78 is 24.5. The largest absolute Gasteiger partial charge is 0.386 e. The van der Waals surface area contributed by atoms with Crippen LogP contribution in [0.25, 0.3) is 0 Å². The van der Waals surface area contributed by atoms with E-state index >= 15 is 0 Å². The van der Waals surface area contributed by atoms with Crippen LogP contribution < -0.4 is 4.72 Å². The third kappa shape index (κ3) is 3.54. The predicted octanol–water partition coefficient (Wildman–Crippen LogP) is 0.901. The average Bonchev–Trinajstić information content (AvgIpc) is 2.33. The molecule has 0 radical (unpaired) electrons. The molecule has 1 aromatic carbocycles. The first-order chi connectivity index (χ1) is 9.61. The molecule has 1 heterocycles. The van der Waals surface area contributed by atoms with E-state index in [4.69, 9.17) is 0 Å². The van der Waals surface area contributed by atoms with E-state index in [1.165, 1.54) is 0 Å². The number of β-amino-alcohol motifs (C(OH)–C–C–N with tert-alkyl or cyclic N) is 1. The zero-order chi connectivity index (χ0) is 15.8. The number of benzene rings is 1. The topological polar surface area (TPSA) is 86.7 Å². The number of nitrogens with one attached hydrogen (secondary N) is 1. The summed E-state index contributed by atoms with van der Waals surface area (Å²) in [6.45, 7) is 4.50. The Morgan fingerprint density at radius 2 is 1.81 bits per heavy atom. The number of carbonyl (C=O) groups is 1. The summed E-state index contributed by atoms with van der Waals surface area (Å²) in [5.41, 5.74) is 0.0872. The summed E-state index contributed by atoms with van der Waals surface area (Å²) in [7, 11) is -3.32. The van der Waals surface area contributed by atoms with Crippen LogP contribution >= 0.6 is 0 Å². The summed E-state index contributed by atoms with van der Waals surface area (Å²) in [5, 5.41) is 10.2. The molecule has 1 aliphatic heterocycles. The highest BCUT2D eigenvalue weighted by Gasteiger charge is 2.45. The second-order valence-corrected chi connectivity index (χ2v) is 7.62. The van der Waals surface area contributed by atoms with Crippen molar-refractivity contribution in [3.05, 3.63) is 29.8 Å². The Labute approximate surface area is 124 Å². The van der Waals surface area contributed by atoms with Crippen molar-refractivity contribution in [1.29, 1.82) is 0 Å². The first kappa shape index (κ1) is 15.8. The lowest BCUT2D eigenvalue weighted by Crippen LogP contribution is -2.65. The number of nitrogens with zero attached hydrogens (tertiary/aromatic N) is 1. The Morgan fingerprint density at radius 1 is 1.29 bits per heavy atom. The van der Waals surface area contributed by atoms with Gasteiger partial charge in [0, 0.05) is 11.3 Å². The lowest BCUT2D eigenvalue weighted by Gasteiger charge is -2.49. The molecule has 1 fully saturated rings. The molecule has 0 aliphatic carbocycles. The van der Waals surface area contributed by atoms with Gasteiger partial charge < -0.3 is 10.0 Å². The van der Waals surface area contributed by atoms with Crippen molar-refractivity contribution in [2.24, 2.45) is 5.92 Å². The molecule has 0 bridgehead atoms. The monoisotopic (exact) mass is 312 g/mol. The molecule has 1 amide bonds. The smallest absolute Gasteiger partial charge is 0.254 e. The molecule has 2 rings (SSSR count). The third-order valence-corrected chi connectivity index (χ3v) is 4.33. The van der Waals surface area contributed by atoms with Crippen molar-refractivity contribution >= 4 is 21.6 Å². The van der Waals surface area contributed by atoms with Crippen LogP contribution in [0.2, 0.25) is 0 Å². The van der Waals surface area contributed by atoms with Gasteiger partial charge in [-0.2, -0.15) is 0 Å². The van der Waals surface area contributed by atoms with Crippen molar-refractivity contribution in [2.45, 2.75) is 19.4 Å². The minimum Gasteiger partial charge on any atom is -0.386 e. The van der Waals surface area contributed by atoms with Crippen LogP contribution in [-0.2, 0) is 10.0 Å². The Kier molecular flexibility index (Phi) is 3.99. The Hall–Kier alpha value is -1.60. The summed E-state index contributed by atoms with van der Waals surface area (Å²) in [6, 6.07) is 6.23. The summed E-state index contributed by atoms with van der Waals surface area (Å²) >= 11 is 0. The van der Waals surface area contributed by atoms with Gasteiger partial charge >= 0.3 is 0 Å². The maximum Gasteiger partial charge on any atom is 0.254 e. The lowest BCUT2D eigenvalue weighted by atomic mass is 9.82. The van der Waals surface area contributed by atoms with Gasteiger partial charge in [-0.25, -0.2) is 8.42 Å². The van der Waals surface area contributed by atoms with Crippen LogP contribution in [-0.4, -0.2) is 49.3 Å². The minimum absolute atomic E-state index is 0.0999. The predicted molar refractivity (Wildman–Crippen MR) is 80.6 cm³/mol. The van der Waals surface area contributed by atoms with E-state index in [2.05, 4.69) is 4.72 Å². The lowest BCUT2D eigenvalue weighted by molar-refractivity contribution is -0.110. The third-order valence-electron chi connectivity index (χ3n) is 3.73. The van der Waals surface area contributed by atoms with Gasteiger partial charge in [0.15, 0.2) is 0 Å². The summed E-state index contributed by atoms with van der Waals surface area (Å²) in [6.07, 6.45) is 1.07. The van der Waals surface area contributed by atoms with E-state index in [1.54, 1.807) is 29.2 Å². The number of amides is 1. The van der Waals surface area contributed by atoms with Gasteiger partial charge in [0.1, 0.15) is 5.60 Å². The molecule has 0 saturated carbocycles. The molecule has 1 aliphatic rings. The number of hydrogen-bond donors (Lipinski definition) is 2. The second kappa shape index (κ2) is 5.31. The molecular weight excluding hydrogens is 292 g/mol. The maximum atomic E-state index is 12.2. The van der Waals surface area contributed by atoms with E-state index in [0.717, 1.165) is 6.26 Å². The van der Waals surface area contributed by atoms with Crippen molar-refractivity contribution < 1.29 is 18.3 Å². The normalized spacial score (nSPS) is 17.5. The number of hydrogen-bond acceptors (Lipinski definition) is 4. The molecule has 0 unspecified atom stereocenters. The zero-order valence-corrected chi connectivity index (χ0v) is 13.1. The highest BCUT2D eigenvalue weighted by atomic mass is 32.2. The highest BCUT2D eigenvalue weighted by molar-refractivity contribution is 7.92. The Bertz CT molecular complexity index is 631. The molecular formula is C14H20N2O4S. The Balaban J connectivity index is 2.02. The van der Waals surface area contributed by atoms with Crippen molar-refractivity contribution in [2.75, 3.05) is 24.1 Å². The molecule has 7 heteroatoms. The fourth-order valence-electron chi connectivity index (χ4n) is 2.20. The first-order valence-electron chi connectivity index (χ1n) is 6.70. The molecule has 0 aromatic heterocycles. The summed E-state index contributed by atoms with van der Waals surface area (Å²) in [5.74, 6) is -0.0610. The number of aliphatic hydroxyl groups is 1. The molecule has 0 spiro atoms. The van der Waals surface area contributed by atoms with Gasteiger partial charge in [-0.05, 0) is 30.2 Å². The highest BCUT2D eigenvalue weighted by Crippen LogP contribution is 2.29. The van der Waals surface area contributed by atoms with E-state index in [-0.39, 0.29) is 11.8 Å². The number of anilines is 1. The van der Waals surface area contributed by atoms with Crippen molar-refractivity contribution in [3.63, 3.8) is 0 Å². The standard InChI is InChI=1S/C14H20N2O4S/c1-10(2)14(18)8-16(9-14)13(17)11-4-6-12(7-5-11)15-21(3,19)20/h4-7,10,15,18H,8-9H2,1-3H3. The fraction of sp³-hybridized carbons (Fsp3) is 0.500. The van der Waals surface area contributed by atoms with Crippen LogP contribution in [0.15, 0.2) is 24.3 Å². The zero-order valence-electron chi connectivity index (χ0n) is 12.3. The molecule has 21 heavy (non-hydrogen) atoms. The molecule has 0 atom stereocenters. The number of carbonyl (C=O) groups excluding carboxylic acids is 1. The van der Waals surface area contributed by atoms with E-state index in [1.807, 2.05) is 13.8 Å². The number of likely N-dealkylation sites (tertiary alicyclic amines) is 1. The second-order valence-electron chi connectivity index (χ2n) is 5.87. The van der Waals surface area contributed by atoms with Crippen LogP contribution in [0.1, 0.15) is 24.2 Å². The van der Waals surface area contributed by atoms with Gasteiger partial charge in [-0.1, -0.05) is 13.8 Å². The van der Waals surface area contributed by atoms with Gasteiger partial charge in [0.25, 0.3) is 5.91 Å². The van der Waals surface area contributed by atoms with Crippen molar-refractivity contribution in [1.82, 2.24) is 4.90 Å².